The molecular weight excluding hydrogens is 256 g/mol. The molecule has 3 aromatic rings. The van der Waals surface area contributed by atoms with Gasteiger partial charge in [0.2, 0.25) is 0 Å². The molecule has 0 saturated carbocycles. The summed E-state index contributed by atoms with van der Waals surface area (Å²) < 4.78 is 0. The number of pyridine rings is 1. The van der Waals surface area contributed by atoms with Gasteiger partial charge in [-0.1, -0.05) is 42.5 Å². The fraction of sp³-hybridized carbons (Fsp3) is 0.105. The molecule has 0 aliphatic heterocycles. The lowest BCUT2D eigenvalue weighted by Crippen LogP contribution is -2.07. The summed E-state index contributed by atoms with van der Waals surface area (Å²) in [6.07, 6.45) is 1.83. The molecule has 0 atom stereocenters. The lowest BCUT2D eigenvalue weighted by molar-refractivity contribution is 1.13. The zero-order chi connectivity index (χ0) is 14.7. The molecule has 3 rings (SSSR count). The van der Waals surface area contributed by atoms with Gasteiger partial charge < -0.3 is 4.90 Å². The fourth-order valence-corrected chi connectivity index (χ4v) is 2.42. The average Bonchev–Trinajstić information content (AvgIpc) is 2.56. The first-order valence-electron chi connectivity index (χ1n) is 7.04. The highest BCUT2D eigenvalue weighted by molar-refractivity contribution is 5.82. The van der Waals surface area contributed by atoms with Crippen molar-refractivity contribution in [3.8, 4) is 22.4 Å². The molecule has 0 amide bonds. The summed E-state index contributed by atoms with van der Waals surface area (Å²) in [5.74, 6) is 0. The molecule has 1 heterocycles. The van der Waals surface area contributed by atoms with Gasteiger partial charge in [0.15, 0.2) is 0 Å². The van der Waals surface area contributed by atoms with Crippen LogP contribution in [0, 0.1) is 0 Å². The van der Waals surface area contributed by atoms with Gasteiger partial charge in [0.05, 0.1) is 5.69 Å². The van der Waals surface area contributed by atoms with Crippen LogP contribution in [-0.2, 0) is 0 Å². The van der Waals surface area contributed by atoms with Crippen LogP contribution in [-0.4, -0.2) is 19.1 Å². The molecule has 0 unspecified atom stereocenters. The van der Waals surface area contributed by atoms with E-state index < -0.39 is 0 Å². The molecule has 0 aliphatic carbocycles. The summed E-state index contributed by atoms with van der Waals surface area (Å²) in [6.45, 7) is 0. The maximum Gasteiger partial charge on any atom is 0.0708 e. The van der Waals surface area contributed by atoms with E-state index >= 15 is 0 Å². The standard InChI is InChI=1S/C19H18N2/c1-21(2)16-12-10-15(11-13-16)17-7-3-4-8-18(17)19-9-5-6-14-20-19/h3-14H,1-2H3. The Morgan fingerprint density at radius 2 is 1.38 bits per heavy atom. The van der Waals surface area contributed by atoms with Crippen molar-refractivity contribution in [1.82, 2.24) is 4.98 Å². The van der Waals surface area contributed by atoms with Gasteiger partial charge in [0.1, 0.15) is 0 Å². The van der Waals surface area contributed by atoms with Crippen molar-refractivity contribution in [3.63, 3.8) is 0 Å². The summed E-state index contributed by atoms with van der Waals surface area (Å²) in [4.78, 5) is 6.58. The Morgan fingerprint density at radius 3 is 2.00 bits per heavy atom. The molecule has 2 heteroatoms. The van der Waals surface area contributed by atoms with Gasteiger partial charge in [0.25, 0.3) is 0 Å². The smallest absolute Gasteiger partial charge is 0.0708 e. The number of benzene rings is 2. The normalized spacial score (nSPS) is 10.4. The van der Waals surface area contributed by atoms with Crippen LogP contribution in [0.1, 0.15) is 0 Å². The van der Waals surface area contributed by atoms with E-state index in [1.807, 2.05) is 24.4 Å². The van der Waals surface area contributed by atoms with Crippen molar-refractivity contribution < 1.29 is 0 Å². The van der Waals surface area contributed by atoms with E-state index in [1.54, 1.807) is 0 Å². The molecule has 0 spiro atoms. The lowest BCUT2D eigenvalue weighted by Gasteiger charge is -2.14. The van der Waals surface area contributed by atoms with Gasteiger partial charge in [-0.2, -0.15) is 0 Å². The monoisotopic (exact) mass is 274 g/mol. The van der Waals surface area contributed by atoms with Crippen molar-refractivity contribution in [2.24, 2.45) is 0 Å². The van der Waals surface area contributed by atoms with Gasteiger partial charge in [0, 0.05) is 31.5 Å². The van der Waals surface area contributed by atoms with E-state index in [2.05, 4.69) is 72.5 Å². The van der Waals surface area contributed by atoms with Crippen LogP contribution in [0.2, 0.25) is 0 Å². The summed E-state index contributed by atoms with van der Waals surface area (Å²) in [5, 5.41) is 0. The molecule has 0 N–H and O–H groups in total. The summed E-state index contributed by atoms with van der Waals surface area (Å²) in [7, 11) is 4.10. The quantitative estimate of drug-likeness (QED) is 0.700. The van der Waals surface area contributed by atoms with Gasteiger partial charge in [-0.3, -0.25) is 4.98 Å². The molecule has 104 valence electrons. The first-order chi connectivity index (χ1) is 10.3. The molecular formula is C19H18N2. The molecule has 2 nitrogen and oxygen atoms in total. The molecule has 2 aromatic carbocycles. The Balaban J connectivity index is 2.07. The topological polar surface area (TPSA) is 16.1 Å². The molecule has 0 aliphatic rings. The Labute approximate surface area is 125 Å². The molecule has 0 fully saturated rings. The van der Waals surface area contributed by atoms with Crippen LogP contribution >= 0.6 is 0 Å². The van der Waals surface area contributed by atoms with Crippen LogP contribution in [0.15, 0.2) is 72.9 Å². The third-order valence-corrected chi connectivity index (χ3v) is 3.56. The van der Waals surface area contributed by atoms with Gasteiger partial charge in [-0.15, -0.1) is 0 Å². The minimum Gasteiger partial charge on any atom is -0.378 e. The van der Waals surface area contributed by atoms with Gasteiger partial charge in [-0.25, -0.2) is 0 Å². The number of anilines is 1. The minimum atomic E-state index is 1.00. The van der Waals surface area contributed by atoms with Crippen LogP contribution in [0.4, 0.5) is 5.69 Å². The minimum absolute atomic E-state index is 1.00. The summed E-state index contributed by atoms with van der Waals surface area (Å²) >= 11 is 0. The van der Waals surface area contributed by atoms with Crippen molar-refractivity contribution in [1.29, 1.82) is 0 Å². The molecule has 0 bridgehead atoms. The van der Waals surface area contributed by atoms with E-state index in [9.17, 15) is 0 Å². The number of aromatic nitrogens is 1. The summed E-state index contributed by atoms with van der Waals surface area (Å²) in [6, 6.07) is 23.0. The number of hydrogen-bond donors (Lipinski definition) is 0. The highest BCUT2D eigenvalue weighted by Crippen LogP contribution is 2.31. The highest BCUT2D eigenvalue weighted by atomic mass is 15.1. The first-order valence-corrected chi connectivity index (χ1v) is 7.04. The molecule has 21 heavy (non-hydrogen) atoms. The lowest BCUT2D eigenvalue weighted by atomic mass is 9.97. The highest BCUT2D eigenvalue weighted by Gasteiger charge is 2.07. The summed E-state index contributed by atoms with van der Waals surface area (Å²) in [5.41, 5.74) is 5.79. The fourth-order valence-electron chi connectivity index (χ4n) is 2.42. The van der Waals surface area contributed by atoms with Gasteiger partial charge >= 0.3 is 0 Å². The van der Waals surface area contributed by atoms with Crippen LogP contribution in [0.25, 0.3) is 22.4 Å². The SMILES string of the molecule is CN(C)c1ccc(-c2ccccc2-c2ccccn2)cc1. The van der Waals surface area contributed by atoms with E-state index in [0.29, 0.717) is 0 Å². The van der Waals surface area contributed by atoms with E-state index in [-0.39, 0.29) is 0 Å². The Hall–Kier alpha value is -2.61. The first kappa shape index (κ1) is 13.4. The Bertz CT molecular complexity index is 716. The second-order valence-corrected chi connectivity index (χ2v) is 5.20. The third kappa shape index (κ3) is 2.79. The predicted molar refractivity (Wildman–Crippen MR) is 89.4 cm³/mol. The number of rotatable bonds is 3. The van der Waals surface area contributed by atoms with Crippen molar-refractivity contribution in [3.05, 3.63) is 72.9 Å². The predicted octanol–water partition coefficient (Wildman–Crippen LogP) is 4.48. The average molecular weight is 274 g/mol. The van der Waals surface area contributed by atoms with E-state index in [0.717, 1.165) is 11.3 Å². The second kappa shape index (κ2) is 5.80. The van der Waals surface area contributed by atoms with E-state index in [1.165, 1.54) is 16.8 Å². The second-order valence-electron chi connectivity index (χ2n) is 5.20. The van der Waals surface area contributed by atoms with Crippen molar-refractivity contribution in [2.75, 3.05) is 19.0 Å². The number of nitrogens with zero attached hydrogens (tertiary/aromatic N) is 2. The Kier molecular flexibility index (Phi) is 3.69. The zero-order valence-electron chi connectivity index (χ0n) is 12.3. The van der Waals surface area contributed by atoms with Crippen LogP contribution in [0.3, 0.4) is 0 Å². The van der Waals surface area contributed by atoms with Crippen molar-refractivity contribution >= 4 is 5.69 Å². The van der Waals surface area contributed by atoms with Crippen LogP contribution < -0.4 is 4.90 Å². The van der Waals surface area contributed by atoms with E-state index in [4.69, 9.17) is 0 Å². The number of hydrogen-bond acceptors (Lipinski definition) is 2. The maximum atomic E-state index is 4.47. The Morgan fingerprint density at radius 1 is 0.714 bits per heavy atom. The molecule has 1 aromatic heterocycles. The van der Waals surface area contributed by atoms with Gasteiger partial charge in [-0.05, 0) is 35.4 Å². The van der Waals surface area contributed by atoms with Crippen molar-refractivity contribution in [2.45, 2.75) is 0 Å². The zero-order valence-corrected chi connectivity index (χ0v) is 12.3. The molecule has 0 radical (unpaired) electrons. The van der Waals surface area contributed by atoms with Crippen LogP contribution in [0.5, 0.6) is 0 Å². The largest absolute Gasteiger partial charge is 0.378 e. The molecule has 0 saturated heterocycles. The third-order valence-electron chi connectivity index (χ3n) is 3.56. The maximum absolute atomic E-state index is 4.47.